The van der Waals surface area contributed by atoms with Crippen molar-refractivity contribution in [2.75, 3.05) is 36.8 Å². The molecule has 0 saturated carbocycles. The number of furan rings is 1. The van der Waals surface area contributed by atoms with Crippen molar-refractivity contribution >= 4 is 29.2 Å². The van der Waals surface area contributed by atoms with E-state index in [-0.39, 0.29) is 23.5 Å². The maximum atomic E-state index is 14.3. The van der Waals surface area contributed by atoms with Gasteiger partial charge in [0, 0.05) is 31.9 Å². The number of nitrogens with one attached hydrogen (secondary N) is 2. The number of urea groups is 1. The van der Waals surface area contributed by atoms with Gasteiger partial charge in [-0.3, -0.25) is 9.59 Å². The van der Waals surface area contributed by atoms with E-state index in [0.717, 1.165) is 32.4 Å². The predicted octanol–water partition coefficient (Wildman–Crippen LogP) is 3.85. The fourth-order valence-corrected chi connectivity index (χ4v) is 4.23. The van der Waals surface area contributed by atoms with E-state index in [2.05, 4.69) is 10.6 Å². The highest BCUT2D eigenvalue weighted by atomic mass is 19.1. The van der Waals surface area contributed by atoms with Gasteiger partial charge in [0.05, 0.1) is 23.4 Å². The van der Waals surface area contributed by atoms with E-state index in [1.165, 1.54) is 30.5 Å². The Morgan fingerprint density at radius 2 is 1.78 bits per heavy atom. The third-order valence-electron chi connectivity index (χ3n) is 6.02. The molecule has 2 aliphatic rings. The van der Waals surface area contributed by atoms with Crippen LogP contribution in [0.4, 0.5) is 20.6 Å². The van der Waals surface area contributed by atoms with Crippen LogP contribution in [0.15, 0.2) is 34.9 Å². The van der Waals surface area contributed by atoms with Crippen LogP contribution in [0.2, 0.25) is 0 Å². The zero-order valence-electron chi connectivity index (χ0n) is 18.0. The summed E-state index contributed by atoms with van der Waals surface area (Å²) in [5.74, 6) is -1.25. The van der Waals surface area contributed by atoms with Gasteiger partial charge >= 0.3 is 6.03 Å². The summed E-state index contributed by atoms with van der Waals surface area (Å²) in [6, 6.07) is 5.53. The van der Waals surface area contributed by atoms with Crippen LogP contribution < -0.4 is 10.6 Å². The van der Waals surface area contributed by atoms with Crippen molar-refractivity contribution in [3.05, 3.63) is 47.7 Å². The van der Waals surface area contributed by atoms with Gasteiger partial charge in [-0.15, -0.1) is 0 Å². The Labute approximate surface area is 185 Å². The number of carbonyl (C=O) groups excluding carboxylic acids is 3. The maximum absolute atomic E-state index is 14.3. The third kappa shape index (κ3) is 4.76. The van der Waals surface area contributed by atoms with Gasteiger partial charge in [0.25, 0.3) is 5.91 Å². The standard InChI is InChI=1S/C23H27FN4O4/c1-15-18(8-12-32-15)22(30)26-20-13-17(6-7-19(20)24)25-21(29)16-5-4-11-28(14-16)23(31)27-9-2-3-10-27/h6-8,12-13,16H,2-5,9-11,14H2,1H3,(H,25,29)(H,26,30)/t16-/m1/s1. The van der Waals surface area contributed by atoms with Crippen molar-refractivity contribution in [1.29, 1.82) is 0 Å². The van der Waals surface area contributed by atoms with Crippen LogP contribution in [0.5, 0.6) is 0 Å². The lowest BCUT2D eigenvalue weighted by atomic mass is 9.97. The summed E-state index contributed by atoms with van der Waals surface area (Å²) in [5.41, 5.74) is 0.644. The molecule has 4 amide bonds. The minimum Gasteiger partial charge on any atom is -0.469 e. The minimum atomic E-state index is -0.613. The zero-order valence-corrected chi connectivity index (χ0v) is 18.0. The molecule has 1 aromatic carbocycles. The first kappa shape index (κ1) is 21.9. The van der Waals surface area contributed by atoms with Crippen LogP contribution in [0, 0.1) is 18.7 Å². The number of nitrogens with zero attached hydrogens (tertiary/aromatic N) is 2. The molecule has 2 aliphatic heterocycles. The van der Waals surface area contributed by atoms with E-state index in [0.29, 0.717) is 36.5 Å². The van der Waals surface area contributed by atoms with Crippen LogP contribution >= 0.6 is 0 Å². The second kappa shape index (κ2) is 9.42. The molecule has 1 atom stereocenters. The number of hydrogen-bond acceptors (Lipinski definition) is 4. The van der Waals surface area contributed by atoms with Gasteiger partial charge < -0.3 is 24.9 Å². The van der Waals surface area contributed by atoms with Crippen molar-refractivity contribution in [3.63, 3.8) is 0 Å². The number of halogens is 1. The van der Waals surface area contributed by atoms with Crippen LogP contribution in [-0.4, -0.2) is 53.8 Å². The zero-order chi connectivity index (χ0) is 22.7. The molecular formula is C23H27FN4O4. The molecule has 1 aromatic heterocycles. The van der Waals surface area contributed by atoms with Gasteiger partial charge in [-0.05, 0) is 56.9 Å². The van der Waals surface area contributed by atoms with Crippen molar-refractivity contribution in [1.82, 2.24) is 9.80 Å². The minimum absolute atomic E-state index is 0.00122. The van der Waals surface area contributed by atoms with Gasteiger partial charge in [0.1, 0.15) is 11.6 Å². The monoisotopic (exact) mass is 442 g/mol. The van der Waals surface area contributed by atoms with E-state index >= 15 is 0 Å². The molecule has 0 bridgehead atoms. The number of carbonyl (C=O) groups is 3. The topological polar surface area (TPSA) is 94.9 Å². The number of amides is 4. The fourth-order valence-electron chi connectivity index (χ4n) is 4.23. The van der Waals surface area contributed by atoms with Crippen molar-refractivity contribution in [2.45, 2.75) is 32.6 Å². The summed E-state index contributed by atoms with van der Waals surface area (Å²) in [7, 11) is 0. The maximum Gasteiger partial charge on any atom is 0.320 e. The van der Waals surface area contributed by atoms with Crippen LogP contribution in [0.1, 0.15) is 41.8 Å². The molecule has 4 rings (SSSR count). The summed E-state index contributed by atoms with van der Waals surface area (Å²) < 4.78 is 19.4. The summed E-state index contributed by atoms with van der Waals surface area (Å²) in [6.45, 7) is 4.21. The molecule has 2 saturated heterocycles. The lowest BCUT2D eigenvalue weighted by Gasteiger charge is -2.34. The molecule has 3 heterocycles. The van der Waals surface area contributed by atoms with Crippen molar-refractivity contribution < 1.29 is 23.2 Å². The van der Waals surface area contributed by atoms with Crippen LogP contribution in [-0.2, 0) is 4.79 Å². The first-order valence-electron chi connectivity index (χ1n) is 10.9. The summed E-state index contributed by atoms with van der Waals surface area (Å²) in [6.07, 6.45) is 4.87. The van der Waals surface area contributed by atoms with Crippen LogP contribution in [0.25, 0.3) is 0 Å². The van der Waals surface area contributed by atoms with Gasteiger partial charge in [-0.25, -0.2) is 9.18 Å². The van der Waals surface area contributed by atoms with E-state index in [9.17, 15) is 18.8 Å². The molecule has 8 nitrogen and oxygen atoms in total. The number of hydrogen-bond donors (Lipinski definition) is 2. The first-order valence-corrected chi connectivity index (χ1v) is 10.9. The number of benzene rings is 1. The summed E-state index contributed by atoms with van der Waals surface area (Å²) >= 11 is 0. The average Bonchev–Trinajstić information content (AvgIpc) is 3.47. The average molecular weight is 442 g/mol. The smallest absolute Gasteiger partial charge is 0.320 e. The third-order valence-corrected chi connectivity index (χ3v) is 6.02. The van der Waals surface area contributed by atoms with Gasteiger partial charge in [-0.2, -0.15) is 0 Å². The number of aryl methyl sites for hydroxylation is 1. The quantitative estimate of drug-likeness (QED) is 0.752. The highest BCUT2D eigenvalue weighted by Gasteiger charge is 2.31. The Hall–Kier alpha value is -3.36. The molecule has 9 heteroatoms. The normalized spacial score (nSPS) is 18.5. The molecule has 0 aliphatic carbocycles. The lowest BCUT2D eigenvalue weighted by molar-refractivity contribution is -0.121. The van der Waals surface area contributed by atoms with Gasteiger partial charge in [0.15, 0.2) is 0 Å². The van der Waals surface area contributed by atoms with E-state index in [1.54, 1.807) is 11.8 Å². The van der Waals surface area contributed by atoms with E-state index < -0.39 is 11.7 Å². The first-order chi connectivity index (χ1) is 15.4. The Kier molecular flexibility index (Phi) is 6.43. The highest BCUT2D eigenvalue weighted by molar-refractivity contribution is 6.05. The second-order valence-corrected chi connectivity index (χ2v) is 8.29. The summed E-state index contributed by atoms with van der Waals surface area (Å²) in [5, 5.41) is 5.32. The number of rotatable bonds is 4. The van der Waals surface area contributed by atoms with E-state index in [1.807, 2.05) is 4.90 Å². The SMILES string of the molecule is Cc1occc1C(=O)Nc1cc(NC(=O)[C@@H]2CCCN(C(=O)N3CCCC3)C2)ccc1F. The van der Waals surface area contributed by atoms with Crippen molar-refractivity contribution in [2.24, 2.45) is 5.92 Å². The van der Waals surface area contributed by atoms with E-state index in [4.69, 9.17) is 4.42 Å². The molecule has 0 radical (unpaired) electrons. The van der Waals surface area contributed by atoms with Gasteiger partial charge in [0.2, 0.25) is 5.91 Å². The fraction of sp³-hybridized carbons (Fsp3) is 0.435. The Bertz CT molecular complexity index is 1020. The molecule has 2 fully saturated rings. The molecule has 32 heavy (non-hydrogen) atoms. The van der Waals surface area contributed by atoms with Crippen LogP contribution in [0.3, 0.4) is 0 Å². The molecule has 0 spiro atoms. The number of anilines is 2. The largest absolute Gasteiger partial charge is 0.469 e. The number of piperidine rings is 1. The Morgan fingerprint density at radius 3 is 2.50 bits per heavy atom. The highest BCUT2D eigenvalue weighted by Crippen LogP contribution is 2.24. The molecular weight excluding hydrogens is 415 g/mol. The molecule has 2 aromatic rings. The predicted molar refractivity (Wildman–Crippen MR) is 117 cm³/mol. The second-order valence-electron chi connectivity index (χ2n) is 8.29. The Balaban J connectivity index is 1.39. The van der Waals surface area contributed by atoms with Crippen molar-refractivity contribution in [3.8, 4) is 0 Å². The number of likely N-dealkylation sites (tertiary alicyclic amines) is 2. The summed E-state index contributed by atoms with van der Waals surface area (Å²) in [4.78, 5) is 41.5. The molecule has 170 valence electrons. The lowest BCUT2D eigenvalue weighted by Crippen LogP contribution is -2.48. The van der Waals surface area contributed by atoms with Gasteiger partial charge in [-0.1, -0.05) is 0 Å². The Morgan fingerprint density at radius 1 is 1.03 bits per heavy atom. The molecule has 0 unspecified atom stereocenters. The molecule has 2 N–H and O–H groups in total.